The van der Waals surface area contributed by atoms with Crippen LogP contribution in [0.2, 0.25) is 0 Å². The second kappa shape index (κ2) is 16.8. The third-order valence-electron chi connectivity index (χ3n) is 9.45. The molecule has 0 saturated heterocycles. The average Bonchev–Trinajstić information content (AvgIpc) is 3.13. The van der Waals surface area contributed by atoms with E-state index in [1.165, 1.54) is 5.56 Å². The minimum atomic E-state index is -1.01. The van der Waals surface area contributed by atoms with Crippen molar-refractivity contribution in [3.63, 3.8) is 0 Å². The summed E-state index contributed by atoms with van der Waals surface area (Å²) in [7, 11) is 0. The number of ether oxygens (including phenoxy) is 1. The van der Waals surface area contributed by atoms with E-state index in [2.05, 4.69) is 86.4 Å². The maximum absolute atomic E-state index is 13.2. The lowest BCUT2D eigenvalue weighted by atomic mass is 9.76. The fraction of sp³-hybridized carbons (Fsp3) is 0.341. The van der Waals surface area contributed by atoms with Gasteiger partial charge < -0.3 is 20.5 Å². The largest absolute Gasteiger partial charge is 0.489 e. The fourth-order valence-corrected chi connectivity index (χ4v) is 5.96. The molecule has 2 amide bonds. The van der Waals surface area contributed by atoms with Crippen molar-refractivity contribution in [1.29, 1.82) is 0 Å². The molecule has 1 aliphatic rings. The SMILES string of the molecule is CC(C)(C)c1ccc(COc2ccc(-c3cnc(-c4ccc(C[C@H](NC(=O)C5=CCC(C(C)(C)C)C=C5)C(=O)NCCC(=O)O)cc4)nc3)cc2)cc1. The maximum Gasteiger partial charge on any atom is 0.305 e. The predicted molar refractivity (Wildman–Crippen MR) is 208 cm³/mol. The Balaban J connectivity index is 1.19. The van der Waals surface area contributed by atoms with Gasteiger partial charge in [-0.05, 0) is 57.6 Å². The molecular weight excluding hydrogens is 665 g/mol. The molecule has 0 bridgehead atoms. The summed E-state index contributed by atoms with van der Waals surface area (Å²) in [6, 6.07) is 23.0. The first-order chi connectivity index (χ1) is 25.2. The Morgan fingerprint density at radius 2 is 1.45 bits per heavy atom. The molecule has 9 heteroatoms. The van der Waals surface area contributed by atoms with Crippen molar-refractivity contribution in [2.45, 2.75) is 78.9 Å². The van der Waals surface area contributed by atoms with E-state index < -0.39 is 17.9 Å². The second-order valence-corrected chi connectivity index (χ2v) is 15.6. The summed E-state index contributed by atoms with van der Waals surface area (Å²) >= 11 is 0. The van der Waals surface area contributed by atoms with Gasteiger partial charge in [-0.15, -0.1) is 0 Å². The lowest BCUT2D eigenvalue weighted by Crippen LogP contribution is -2.48. The molecule has 0 spiro atoms. The highest BCUT2D eigenvalue weighted by Crippen LogP contribution is 2.33. The number of carboxylic acid groups (broad SMARTS) is 1. The van der Waals surface area contributed by atoms with Gasteiger partial charge in [-0.2, -0.15) is 0 Å². The molecule has 276 valence electrons. The van der Waals surface area contributed by atoms with E-state index in [0.717, 1.165) is 40.0 Å². The molecule has 1 aromatic heterocycles. The molecule has 4 aromatic rings. The number of carbonyl (C=O) groups excluding carboxylic acids is 2. The van der Waals surface area contributed by atoms with Gasteiger partial charge in [0.1, 0.15) is 18.4 Å². The topological polar surface area (TPSA) is 131 Å². The van der Waals surface area contributed by atoms with Gasteiger partial charge in [0.05, 0.1) is 6.42 Å². The monoisotopic (exact) mass is 714 g/mol. The van der Waals surface area contributed by atoms with E-state index in [1.807, 2.05) is 66.8 Å². The highest BCUT2D eigenvalue weighted by atomic mass is 16.5. The van der Waals surface area contributed by atoms with Crippen LogP contribution >= 0.6 is 0 Å². The summed E-state index contributed by atoms with van der Waals surface area (Å²) in [5.74, 6) is -0.157. The first kappa shape index (κ1) is 38.7. The Kier molecular flexibility index (Phi) is 12.3. The Morgan fingerprint density at radius 3 is 2.02 bits per heavy atom. The van der Waals surface area contributed by atoms with Gasteiger partial charge in [0.15, 0.2) is 5.82 Å². The van der Waals surface area contributed by atoms with Gasteiger partial charge in [0, 0.05) is 42.1 Å². The first-order valence-electron chi connectivity index (χ1n) is 18.1. The van der Waals surface area contributed by atoms with E-state index >= 15 is 0 Å². The molecule has 0 radical (unpaired) electrons. The smallest absolute Gasteiger partial charge is 0.305 e. The molecule has 1 aliphatic carbocycles. The Morgan fingerprint density at radius 1 is 0.830 bits per heavy atom. The summed E-state index contributed by atoms with van der Waals surface area (Å²) in [5.41, 5.74) is 6.56. The second-order valence-electron chi connectivity index (χ2n) is 15.6. The lowest BCUT2D eigenvalue weighted by Gasteiger charge is -2.29. The third kappa shape index (κ3) is 11.0. The van der Waals surface area contributed by atoms with Crippen molar-refractivity contribution in [3.05, 3.63) is 126 Å². The first-order valence-corrected chi connectivity index (χ1v) is 18.1. The van der Waals surface area contributed by atoms with E-state index in [9.17, 15) is 14.4 Å². The van der Waals surface area contributed by atoms with E-state index in [4.69, 9.17) is 9.84 Å². The number of hydrogen-bond donors (Lipinski definition) is 3. The van der Waals surface area contributed by atoms with Gasteiger partial charge in [-0.1, -0.05) is 120 Å². The number of amides is 2. The van der Waals surface area contributed by atoms with Gasteiger partial charge in [0.2, 0.25) is 5.91 Å². The normalized spacial score (nSPS) is 14.9. The molecule has 0 fully saturated rings. The number of nitrogens with zero attached hydrogens (tertiary/aromatic N) is 2. The molecule has 0 aliphatic heterocycles. The molecule has 5 rings (SSSR count). The van der Waals surface area contributed by atoms with Gasteiger partial charge in [-0.3, -0.25) is 14.4 Å². The van der Waals surface area contributed by atoms with Crippen LogP contribution in [0.5, 0.6) is 5.75 Å². The Bertz CT molecular complexity index is 1930. The number of carbonyl (C=O) groups is 3. The van der Waals surface area contributed by atoms with Gasteiger partial charge in [0.25, 0.3) is 5.91 Å². The van der Waals surface area contributed by atoms with Gasteiger partial charge >= 0.3 is 5.97 Å². The highest BCUT2D eigenvalue weighted by Gasteiger charge is 2.27. The minimum Gasteiger partial charge on any atom is -0.489 e. The highest BCUT2D eigenvalue weighted by molar-refractivity contribution is 5.99. The number of rotatable bonds is 13. The standard InChI is InChI=1S/C44H50N4O5/c1-43(2,3)35-17-9-30(10-18-35)28-53-37-21-15-31(16-22-37)34-26-46-40(47-27-34)32-11-7-29(8-12-32)25-38(42(52)45-24-23-39(49)50)48-41(51)33-13-19-36(20-14-33)44(4,5)6/h7-19,21-22,26-27,36,38H,20,23-25,28H2,1-6H3,(H,45,52)(H,48,51)(H,49,50)/t36?,38-/m0/s1. The summed E-state index contributed by atoms with van der Waals surface area (Å²) in [4.78, 5) is 46.6. The summed E-state index contributed by atoms with van der Waals surface area (Å²) in [6.45, 7) is 13.6. The van der Waals surface area contributed by atoms with Crippen molar-refractivity contribution in [2.24, 2.45) is 11.3 Å². The lowest BCUT2D eigenvalue weighted by molar-refractivity contribution is -0.137. The maximum atomic E-state index is 13.2. The number of aliphatic carboxylic acids is 1. The quantitative estimate of drug-likeness (QED) is 0.129. The third-order valence-corrected chi connectivity index (χ3v) is 9.45. The van der Waals surface area contributed by atoms with Crippen LogP contribution in [0.15, 0.2) is 109 Å². The number of hydrogen-bond acceptors (Lipinski definition) is 6. The summed E-state index contributed by atoms with van der Waals surface area (Å²) in [5, 5.41) is 14.5. The molecular formula is C44H50N4O5. The fourth-order valence-electron chi connectivity index (χ4n) is 5.96. The molecule has 2 atom stereocenters. The number of allylic oxidation sites excluding steroid dienone is 2. The Labute approximate surface area is 312 Å². The van der Waals surface area contributed by atoms with Crippen molar-refractivity contribution in [2.75, 3.05) is 6.54 Å². The van der Waals surface area contributed by atoms with E-state index in [1.54, 1.807) is 12.4 Å². The Hall–Kier alpha value is -5.57. The number of carboxylic acids is 1. The van der Waals surface area contributed by atoms with Gasteiger partial charge in [-0.25, -0.2) is 9.97 Å². The van der Waals surface area contributed by atoms with Crippen LogP contribution < -0.4 is 15.4 Å². The predicted octanol–water partition coefficient (Wildman–Crippen LogP) is 7.85. The van der Waals surface area contributed by atoms with E-state index in [-0.39, 0.29) is 36.1 Å². The zero-order valence-electron chi connectivity index (χ0n) is 31.5. The zero-order chi connectivity index (χ0) is 38.2. The van der Waals surface area contributed by atoms with Crippen LogP contribution in [0.4, 0.5) is 0 Å². The summed E-state index contributed by atoms with van der Waals surface area (Å²) in [6.07, 6.45) is 10.1. The number of nitrogens with one attached hydrogen (secondary N) is 2. The zero-order valence-corrected chi connectivity index (χ0v) is 31.5. The van der Waals surface area contributed by atoms with Crippen molar-refractivity contribution >= 4 is 17.8 Å². The molecule has 3 aromatic carbocycles. The minimum absolute atomic E-state index is 0.0342. The van der Waals surface area contributed by atoms with Crippen molar-refractivity contribution in [1.82, 2.24) is 20.6 Å². The number of aromatic nitrogens is 2. The molecule has 0 saturated carbocycles. The van der Waals surface area contributed by atoms with Crippen LogP contribution in [0.25, 0.3) is 22.5 Å². The molecule has 1 unspecified atom stereocenters. The average molecular weight is 715 g/mol. The molecule has 53 heavy (non-hydrogen) atoms. The van der Waals surface area contributed by atoms with Crippen molar-refractivity contribution < 1.29 is 24.2 Å². The molecule has 1 heterocycles. The van der Waals surface area contributed by atoms with Crippen LogP contribution in [0.1, 0.15) is 71.1 Å². The summed E-state index contributed by atoms with van der Waals surface area (Å²) < 4.78 is 6.02. The van der Waals surface area contributed by atoms with Crippen LogP contribution in [-0.4, -0.2) is 45.4 Å². The van der Waals surface area contributed by atoms with Crippen LogP contribution in [0.3, 0.4) is 0 Å². The van der Waals surface area contributed by atoms with E-state index in [0.29, 0.717) is 23.9 Å². The van der Waals surface area contributed by atoms with Crippen molar-refractivity contribution in [3.8, 4) is 28.3 Å². The number of benzene rings is 3. The molecule has 9 nitrogen and oxygen atoms in total. The van der Waals surface area contributed by atoms with Crippen LogP contribution in [0, 0.1) is 11.3 Å². The molecule has 3 N–H and O–H groups in total. The van der Waals surface area contributed by atoms with Crippen LogP contribution in [-0.2, 0) is 32.8 Å².